The van der Waals surface area contributed by atoms with Crippen LogP contribution in [0, 0.1) is 0 Å². The van der Waals surface area contributed by atoms with Crippen LogP contribution in [-0.2, 0) is 9.53 Å². The third kappa shape index (κ3) is 8.07. The average Bonchev–Trinajstić information content (AvgIpc) is 1.88. The molecule has 0 aliphatic heterocycles. The summed E-state index contributed by atoms with van der Waals surface area (Å²) in [6, 6.07) is 0. The molecule has 0 atom stereocenters. The van der Waals surface area contributed by atoms with Crippen LogP contribution in [0.3, 0.4) is 0 Å². The summed E-state index contributed by atoms with van der Waals surface area (Å²) in [5.74, 6) is -0.395. The van der Waals surface area contributed by atoms with Gasteiger partial charge >= 0.3 is 5.97 Å². The van der Waals surface area contributed by atoms with E-state index in [1.54, 1.807) is 6.92 Å². The first kappa shape index (κ1) is 13.7. The molecule has 0 saturated carbocycles. The Labute approximate surface area is 88.7 Å². The number of aliphatic hydroxyl groups excluding tert-OH is 1. The molecule has 11 heavy (non-hydrogen) atoms. The van der Waals surface area contributed by atoms with Crippen molar-refractivity contribution in [1.82, 2.24) is 0 Å². The number of esters is 1. The Bertz CT molecular complexity index is 134. The molecule has 0 heterocycles. The summed E-state index contributed by atoms with van der Waals surface area (Å²) < 4.78 is 4.65. The van der Waals surface area contributed by atoms with E-state index in [9.17, 15) is 4.79 Å². The summed E-state index contributed by atoms with van der Waals surface area (Å²) >= 11 is 0. The molecule has 0 aliphatic carbocycles. The Hall–Kier alpha value is 0.170. The predicted molar refractivity (Wildman–Crippen MR) is 43.2 cm³/mol. The van der Waals surface area contributed by atoms with Crippen molar-refractivity contribution in [3.8, 4) is 0 Å². The Balaban J connectivity index is 0. The topological polar surface area (TPSA) is 46.5 Å². The Morgan fingerprint density at radius 1 is 1.64 bits per heavy atom. The molecule has 0 aromatic heterocycles. The molecular weight excluding hydrogens is 155 g/mol. The van der Waals surface area contributed by atoms with Crippen molar-refractivity contribution in [3.05, 3.63) is 12.2 Å². The predicted octanol–water partition coefficient (Wildman–Crippen LogP) is 0.107. The van der Waals surface area contributed by atoms with Crippen LogP contribution in [0.1, 0.15) is 13.3 Å². The zero-order valence-corrected chi connectivity index (χ0v) is 9.09. The largest absolute Gasteiger partial charge is 0.462 e. The van der Waals surface area contributed by atoms with Gasteiger partial charge < -0.3 is 9.84 Å². The molecular formula is C7H12NaO3. The van der Waals surface area contributed by atoms with Crippen LogP contribution in [0.4, 0.5) is 0 Å². The van der Waals surface area contributed by atoms with E-state index in [-0.39, 0.29) is 42.8 Å². The molecule has 0 amide bonds. The molecule has 1 radical (unpaired) electrons. The molecule has 4 heteroatoms. The van der Waals surface area contributed by atoms with Gasteiger partial charge in [-0.15, -0.1) is 0 Å². The molecule has 3 nitrogen and oxygen atoms in total. The SMILES string of the molecule is C=C(C)C(=O)OCCCO.[Na]. The van der Waals surface area contributed by atoms with E-state index in [2.05, 4.69) is 11.3 Å². The third-order valence-electron chi connectivity index (χ3n) is 0.884. The molecule has 0 aromatic rings. The van der Waals surface area contributed by atoms with Gasteiger partial charge in [-0.05, 0) is 6.92 Å². The summed E-state index contributed by atoms with van der Waals surface area (Å²) in [5.41, 5.74) is 0.387. The van der Waals surface area contributed by atoms with E-state index < -0.39 is 5.97 Å². The van der Waals surface area contributed by atoms with Crippen LogP contribution >= 0.6 is 0 Å². The second-order valence-electron chi connectivity index (χ2n) is 1.99. The van der Waals surface area contributed by atoms with Gasteiger partial charge in [-0.1, -0.05) is 6.58 Å². The van der Waals surface area contributed by atoms with Crippen LogP contribution in [0.25, 0.3) is 0 Å². The first-order valence-electron chi connectivity index (χ1n) is 3.12. The van der Waals surface area contributed by atoms with E-state index in [0.29, 0.717) is 12.0 Å². The van der Waals surface area contributed by atoms with Crippen molar-refractivity contribution in [1.29, 1.82) is 0 Å². The zero-order chi connectivity index (χ0) is 7.98. The van der Waals surface area contributed by atoms with Crippen molar-refractivity contribution >= 4 is 35.5 Å². The second kappa shape index (κ2) is 8.27. The number of hydrogen-bond acceptors (Lipinski definition) is 3. The second-order valence-corrected chi connectivity index (χ2v) is 1.99. The minimum absolute atomic E-state index is 0. The molecule has 0 fully saturated rings. The van der Waals surface area contributed by atoms with Gasteiger partial charge in [-0.3, -0.25) is 0 Å². The summed E-state index contributed by atoms with van der Waals surface area (Å²) in [5, 5.41) is 8.30. The minimum Gasteiger partial charge on any atom is -0.462 e. The molecule has 0 saturated heterocycles. The van der Waals surface area contributed by atoms with Gasteiger partial charge in [-0.2, -0.15) is 0 Å². The van der Waals surface area contributed by atoms with Crippen molar-refractivity contribution < 1.29 is 14.6 Å². The smallest absolute Gasteiger partial charge is 0.333 e. The number of ether oxygens (including phenoxy) is 1. The number of carbonyl (C=O) groups excluding carboxylic acids is 1. The van der Waals surface area contributed by atoms with Gasteiger partial charge in [0.2, 0.25) is 0 Å². The summed E-state index contributed by atoms with van der Waals surface area (Å²) in [7, 11) is 0. The fraction of sp³-hybridized carbons (Fsp3) is 0.571. The number of aliphatic hydroxyl groups is 1. The maximum atomic E-state index is 10.6. The van der Waals surface area contributed by atoms with Crippen LogP contribution in [0.15, 0.2) is 12.2 Å². The molecule has 0 aliphatic rings. The Kier molecular flexibility index (Phi) is 10.3. The van der Waals surface area contributed by atoms with Crippen LogP contribution in [0.5, 0.6) is 0 Å². The maximum Gasteiger partial charge on any atom is 0.333 e. The molecule has 0 bridgehead atoms. The van der Waals surface area contributed by atoms with Gasteiger partial charge in [0.1, 0.15) is 0 Å². The average molecular weight is 167 g/mol. The monoisotopic (exact) mass is 167 g/mol. The molecule has 59 valence electrons. The fourth-order valence-corrected chi connectivity index (χ4v) is 0.353. The van der Waals surface area contributed by atoms with Gasteiger partial charge in [0.05, 0.1) is 6.61 Å². The van der Waals surface area contributed by atoms with Gasteiger partial charge in [-0.25, -0.2) is 4.79 Å². The van der Waals surface area contributed by atoms with Crippen molar-refractivity contribution in [2.45, 2.75) is 13.3 Å². The maximum absolute atomic E-state index is 10.6. The molecule has 0 rings (SSSR count). The summed E-state index contributed by atoms with van der Waals surface area (Å²) in [6.07, 6.45) is 0.485. The first-order valence-corrected chi connectivity index (χ1v) is 3.12. The minimum atomic E-state index is -0.395. The van der Waals surface area contributed by atoms with Gasteiger partial charge in [0, 0.05) is 48.2 Å². The quantitative estimate of drug-likeness (QED) is 0.280. The van der Waals surface area contributed by atoms with Crippen LogP contribution in [-0.4, -0.2) is 53.8 Å². The van der Waals surface area contributed by atoms with Crippen molar-refractivity contribution in [2.75, 3.05) is 13.2 Å². The third-order valence-corrected chi connectivity index (χ3v) is 0.884. The Morgan fingerprint density at radius 2 is 2.18 bits per heavy atom. The van der Waals surface area contributed by atoms with E-state index >= 15 is 0 Å². The number of rotatable bonds is 4. The molecule has 0 unspecified atom stereocenters. The first-order chi connectivity index (χ1) is 4.68. The standard InChI is InChI=1S/C7H12O3.Na/c1-6(2)7(9)10-5-3-4-8;/h8H,1,3-5H2,2H3;. The van der Waals surface area contributed by atoms with Gasteiger partial charge in [0.15, 0.2) is 0 Å². The fourth-order valence-electron chi connectivity index (χ4n) is 0.353. The summed E-state index contributed by atoms with van der Waals surface area (Å²) in [6.45, 7) is 5.29. The molecule has 0 aromatic carbocycles. The normalized spacial score (nSPS) is 8.18. The number of carbonyl (C=O) groups is 1. The van der Waals surface area contributed by atoms with Gasteiger partial charge in [0.25, 0.3) is 0 Å². The van der Waals surface area contributed by atoms with E-state index in [0.717, 1.165) is 0 Å². The van der Waals surface area contributed by atoms with Crippen LogP contribution < -0.4 is 0 Å². The summed E-state index contributed by atoms with van der Waals surface area (Å²) in [4.78, 5) is 10.6. The molecule has 1 N–H and O–H groups in total. The number of hydrogen-bond donors (Lipinski definition) is 1. The van der Waals surface area contributed by atoms with E-state index in [1.165, 1.54) is 0 Å². The van der Waals surface area contributed by atoms with Crippen molar-refractivity contribution in [2.24, 2.45) is 0 Å². The van der Waals surface area contributed by atoms with Crippen LogP contribution in [0.2, 0.25) is 0 Å². The van der Waals surface area contributed by atoms with E-state index in [4.69, 9.17) is 5.11 Å². The Morgan fingerprint density at radius 3 is 2.55 bits per heavy atom. The molecule has 0 spiro atoms. The zero-order valence-electron chi connectivity index (χ0n) is 7.09. The van der Waals surface area contributed by atoms with Crippen molar-refractivity contribution in [3.63, 3.8) is 0 Å². The van der Waals surface area contributed by atoms with E-state index in [1.807, 2.05) is 0 Å².